The topological polar surface area (TPSA) is 74.8 Å². The predicted molar refractivity (Wildman–Crippen MR) is 101 cm³/mol. The Balaban J connectivity index is 1.86. The van der Waals surface area contributed by atoms with Gasteiger partial charge in [0.15, 0.2) is 9.84 Å². The van der Waals surface area contributed by atoms with Crippen LogP contribution < -0.4 is 0 Å². The lowest BCUT2D eigenvalue weighted by Crippen LogP contribution is -2.52. The first-order valence-corrected chi connectivity index (χ1v) is 12.5. The molecule has 0 amide bonds. The van der Waals surface area contributed by atoms with Crippen molar-refractivity contribution in [2.45, 2.75) is 67.4 Å². The average Bonchev–Trinajstić information content (AvgIpc) is 2.93. The molecular weight excluding hydrogens is 372 g/mol. The van der Waals surface area contributed by atoms with E-state index in [1.54, 1.807) is 0 Å². The molecule has 0 radical (unpaired) electrons. The number of hydrogen-bond donors (Lipinski definition) is 0. The standard InChI is InChI=1S/C18H28N2O4S2/c1-14-9-10-15(2)20(14)16-6-5-11-19(13-16)26(23,24)18-8-4-7-17(12-18)25(3,21)22/h4,7-8,12,14-16H,5-6,9-11,13H2,1-3H3/t14-,15-,16-/m1/s1. The van der Waals surface area contributed by atoms with Crippen LogP contribution in [0.25, 0.3) is 0 Å². The lowest BCUT2D eigenvalue weighted by atomic mass is 10.0. The molecule has 0 saturated carbocycles. The molecule has 2 saturated heterocycles. The second-order valence-electron chi connectivity index (χ2n) is 7.63. The normalized spacial score (nSPS) is 29.1. The van der Waals surface area contributed by atoms with E-state index in [-0.39, 0.29) is 15.8 Å². The molecule has 6 nitrogen and oxygen atoms in total. The van der Waals surface area contributed by atoms with Crippen molar-refractivity contribution in [2.24, 2.45) is 0 Å². The van der Waals surface area contributed by atoms with Crippen LogP contribution in [0.15, 0.2) is 34.1 Å². The molecule has 146 valence electrons. The largest absolute Gasteiger partial charge is 0.294 e. The fourth-order valence-corrected chi connectivity index (χ4v) is 6.64. The molecule has 0 N–H and O–H groups in total. The highest BCUT2D eigenvalue weighted by Crippen LogP contribution is 2.31. The van der Waals surface area contributed by atoms with Crippen molar-refractivity contribution in [3.63, 3.8) is 0 Å². The monoisotopic (exact) mass is 400 g/mol. The number of hydrogen-bond acceptors (Lipinski definition) is 5. The fourth-order valence-electron chi connectivity index (χ4n) is 4.33. The maximum atomic E-state index is 13.1. The first-order chi connectivity index (χ1) is 12.1. The number of rotatable bonds is 4. The zero-order valence-electron chi connectivity index (χ0n) is 15.6. The van der Waals surface area contributed by atoms with E-state index in [1.807, 2.05) is 0 Å². The van der Waals surface area contributed by atoms with E-state index >= 15 is 0 Å². The molecule has 1 aromatic carbocycles. The number of sulfonamides is 1. The first-order valence-electron chi connectivity index (χ1n) is 9.18. The lowest BCUT2D eigenvalue weighted by molar-refractivity contribution is 0.0979. The molecule has 0 bridgehead atoms. The smallest absolute Gasteiger partial charge is 0.243 e. The zero-order valence-corrected chi connectivity index (χ0v) is 17.3. The van der Waals surface area contributed by atoms with Gasteiger partial charge in [-0.3, -0.25) is 4.90 Å². The molecule has 2 heterocycles. The summed E-state index contributed by atoms with van der Waals surface area (Å²) in [5.41, 5.74) is 0. The van der Waals surface area contributed by atoms with Crippen molar-refractivity contribution < 1.29 is 16.8 Å². The highest BCUT2D eigenvalue weighted by molar-refractivity contribution is 7.91. The van der Waals surface area contributed by atoms with Crippen molar-refractivity contribution in [3.05, 3.63) is 24.3 Å². The maximum Gasteiger partial charge on any atom is 0.243 e. The van der Waals surface area contributed by atoms with Crippen LogP contribution in [0.3, 0.4) is 0 Å². The molecule has 26 heavy (non-hydrogen) atoms. The van der Waals surface area contributed by atoms with Crippen molar-refractivity contribution >= 4 is 19.9 Å². The molecule has 0 unspecified atom stereocenters. The van der Waals surface area contributed by atoms with E-state index in [9.17, 15) is 16.8 Å². The summed E-state index contributed by atoms with van der Waals surface area (Å²) in [5, 5.41) is 0. The van der Waals surface area contributed by atoms with Crippen LogP contribution in [0, 0.1) is 0 Å². The summed E-state index contributed by atoms with van der Waals surface area (Å²) in [5.74, 6) is 0. The SMILES string of the molecule is C[C@@H]1CC[C@@H](C)N1[C@@H]1CCCN(S(=O)(=O)c2cccc(S(C)(=O)=O)c2)C1. The van der Waals surface area contributed by atoms with Gasteiger partial charge >= 0.3 is 0 Å². The van der Waals surface area contributed by atoms with E-state index in [0.717, 1.165) is 31.9 Å². The van der Waals surface area contributed by atoms with Gasteiger partial charge in [0.1, 0.15) is 0 Å². The molecule has 3 atom stereocenters. The second-order valence-corrected chi connectivity index (χ2v) is 11.6. The van der Waals surface area contributed by atoms with E-state index in [2.05, 4.69) is 18.7 Å². The Hall–Kier alpha value is -0.960. The predicted octanol–water partition coefficient (Wildman–Crippen LogP) is 2.12. The van der Waals surface area contributed by atoms with Crippen molar-refractivity contribution in [1.82, 2.24) is 9.21 Å². The highest BCUT2D eigenvalue weighted by Gasteiger charge is 2.38. The highest BCUT2D eigenvalue weighted by atomic mass is 32.2. The summed E-state index contributed by atoms with van der Waals surface area (Å²) >= 11 is 0. The van der Waals surface area contributed by atoms with Crippen LogP contribution in [-0.2, 0) is 19.9 Å². The fraction of sp³-hybridized carbons (Fsp3) is 0.667. The van der Waals surface area contributed by atoms with Crippen molar-refractivity contribution in [1.29, 1.82) is 0 Å². The Morgan fingerprint density at radius 1 is 0.962 bits per heavy atom. The number of piperidine rings is 1. The molecule has 1 aromatic rings. The molecule has 2 aliphatic rings. The number of sulfone groups is 1. The van der Waals surface area contributed by atoms with Gasteiger partial charge in [0.05, 0.1) is 9.79 Å². The second kappa shape index (κ2) is 7.22. The van der Waals surface area contributed by atoms with Crippen LogP contribution in [0.5, 0.6) is 0 Å². The Labute approximate surface area is 157 Å². The number of nitrogens with zero attached hydrogens (tertiary/aromatic N) is 2. The Morgan fingerprint density at radius 3 is 2.19 bits per heavy atom. The minimum Gasteiger partial charge on any atom is -0.294 e. The summed E-state index contributed by atoms with van der Waals surface area (Å²) in [6.07, 6.45) is 5.23. The van der Waals surface area contributed by atoms with E-state index < -0.39 is 19.9 Å². The Kier molecular flexibility index (Phi) is 5.50. The van der Waals surface area contributed by atoms with Crippen molar-refractivity contribution in [3.8, 4) is 0 Å². The molecule has 2 aliphatic heterocycles. The van der Waals surface area contributed by atoms with Crippen LogP contribution in [-0.4, -0.2) is 63.5 Å². The summed E-state index contributed by atoms with van der Waals surface area (Å²) in [4.78, 5) is 2.56. The van der Waals surface area contributed by atoms with Gasteiger partial charge in [-0.1, -0.05) is 6.07 Å². The third-order valence-corrected chi connectivity index (χ3v) is 8.64. The van der Waals surface area contributed by atoms with Gasteiger partial charge in [0.2, 0.25) is 10.0 Å². The van der Waals surface area contributed by atoms with Crippen LogP contribution in [0.2, 0.25) is 0 Å². The molecule has 2 fully saturated rings. The Morgan fingerprint density at radius 2 is 1.58 bits per heavy atom. The zero-order chi connectivity index (χ0) is 19.1. The average molecular weight is 401 g/mol. The Bertz CT molecular complexity index is 857. The van der Waals surface area contributed by atoms with E-state index in [0.29, 0.717) is 25.2 Å². The quantitative estimate of drug-likeness (QED) is 0.774. The maximum absolute atomic E-state index is 13.1. The number of likely N-dealkylation sites (tertiary alicyclic amines) is 1. The molecule has 0 aliphatic carbocycles. The summed E-state index contributed by atoms with van der Waals surface area (Å²) < 4.78 is 51.3. The van der Waals surface area contributed by atoms with Crippen LogP contribution >= 0.6 is 0 Å². The molecule has 8 heteroatoms. The molecular formula is C18H28N2O4S2. The lowest BCUT2D eigenvalue weighted by Gasteiger charge is -2.41. The van der Waals surface area contributed by atoms with Gasteiger partial charge in [-0.05, 0) is 57.7 Å². The van der Waals surface area contributed by atoms with Gasteiger partial charge in [-0.2, -0.15) is 4.31 Å². The third kappa shape index (κ3) is 3.83. The number of benzene rings is 1. The van der Waals surface area contributed by atoms with Crippen LogP contribution in [0.1, 0.15) is 39.5 Å². The molecule has 0 aromatic heterocycles. The van der Waals surface area contributed by atoms with Gasteiger partial charge in [-0.25, -0.2) is 16.8 Å². The van der Waals surface area contributed by atoms with E-state index in [1.165, 1.54) is 28.6 Å². The molecule has 0 spiro atoms. The van der Waals surface area contributed by atoms with Crippen molar-refractivity contribution in [2.75, 3.05) is 19.3 Å². The summed E-state index contributed by atoms with van der Waals surface area (Å²) in [7, 11) is -7.15. The van der Waals surface area contributed by atoms with Gasteiger partial charge in [0, 0.05) is 37.5 Å². The van der Waals surface area contributed by atoms with Gasteiger partial charge < -0.3 is 0 Å². The first kappa shape index (κ1) is 19.8. The van der Waals surface area contributed by atoms with Gasteiger partial charge in [0.25, 0.3) is 0 Å². The molecule has 3 rings (SSSR count). The summed E-state index contributed by atoms with van der Waals surface area (Å²) in [6.45, 7) is 5.39. The van der Waals surface area contributed by atoms with Crippen LogP contribution in [0.4, 0.5) is 0 Å². The third-order valence-electron chi connectivity index (χ3n) is 5.67. The minimum atomic E-state index is -3.70. The van der Waals surface area contributed by atoms with Gasteiger partial charge in [-0.15, -0.1) is 0 Å². The van der Waals surface area contributed by atoms with E-state index in [4.69, 9.17) is 0 Å². The summed E-state index contributed by atoms with van der Waals surface area (Å²) in [6, 6.07) is 6.86. The minimum absolute atomic E-state index is 0.0360.